The molecule has 1 N–H and O–H groups in total. The number of halogens is 2. The molecule has 0 saturated carbocycles. The minimum absolute atomic E-state index is 0.226. The normalized spacial score (nSPS) is 12.1. The molecule has 0 bridgehead atoms. The first-order valence-electron chi connectivity index (χ1n) is 5.89. The standard InChI is InChI=1S/C13H14Cl2N2O3/c1-13(2,20-3)12-16-9-4-7(14)8(15)5-10(9)17(12)6-11(18)19/h4-5H,6H2,1-3H3,(H,18,19). The molecule has 0 spiro atoms. The van der Waals surface area contributed by atoms with Crippen LogP contribution in [0.25, 0.3) is 11.0 Å². The Morgan fingerprint density at radius 2 is 2.00 bits per heavy atom. The molecule has 5 nitrogen and oxygen atoms in total. The van der Waals surface area contributed by atoms with Gasteiger partial charge in [0.2, 0.25) is 0 Å². The lowest BCUT2D eigenvalue weighted by Gasteiger charge is -2.23. The number of carboxylic acids is 1. The van der Waals surface area contributed by atoms with Gasteiger partial charge in [-0.2, -0.15) is 0 Å². The number of carbonyl (C=O) groups is 1. The Morgan fingerprint density at radius 3 is 2.55 bits per heavy atom. The summed E-state index contributed by atoms with van der Waals surface area (Å²) in [4.78, 5) is 15.5. The summed E-state index contributed by atoms with van der Waals surface area (Å²) in [6.07, 6.45) is 0. The lowest BCUT2D eigenvalue weighted by atomic mass is 10.1. The van der Waals surface area contributed by atoms with Crippen LogP contribution in [0.15, 0.2) is 12.1 Å². The van der Waals surface area contributed by atoms with E-state index in [0.29, 0.717) is 26.9 Å². The topological polar surface area (TPSA) is 64.4 Å². The molecular formula is C13H14Cl2N2O3. The van der Waals surface area contributed by atoms with Crippen molar-refractivity contribution in [2.45, 2.75) is 26.0 Å². The fourth-order valence-electron chi connectivity index (χ4n) is 1.97. The highest BCUT2D eigenvalue weighted by Crippen LogP contribution is 2.32. The average molecular weight is 317 g/mol. The number of rotatable bonds is 4. The molecule has 1 aromatic heterocycles. The Balaban J connectivity index is 2.76. The Kier molecular flexibility index (Phi) is 3.95. The number of ether oxygens (including phenoxy) is 1. The van der Waals surface area contributed by atoms with E-state index in [2.05, 4.69) is 4.98 Å². The number of methoxy groups -OCH3 is 1. The Morgan fingerprint density at radius 1 is 1.40 bits per heavy atom. The van der Waals surface area contributed by atoms with E-state index in [1.54, 1.807) is 23.8 Å². The predicted octanol–water partition coefficient (Wildman–Crippen LogP) is 3.31. The van der Waals surface area contributed by atoms with E-state index >= 15 is 0 Å². The molecule has 0 unspecified atom stereocenters. The van der Waals surface area contributed by atoms with Crippen molar-refractivity contribution in [3.63, 3.8) is 0 Å². The highest BCUT2D eigenvalue weighted by molar-refractivity contribution is 6.42. The smallest absolute Gasteiger partial charge is 0.323 e. The number of nitrogens with zero attached hydrogens (tertiary/aromatic N) is 2. The fraction of sp³-hybridized carbons (Fsp3) is 0.385. The lowest BCUT2D eigenvalue weighted by molar-refractivity contribution is -0.137. The first-order chi connectivity index (χ1) is 9.26. The van der Waals surface area contributed by atoms with Gasteiger partial charge < -0.3 is 14.4 Å². The van der Waals surface area contributed by atoms with Gasteiger partial charge in [0, 0.05) is 7.11 Å². The van der Waals surface area contributed by atoms with Gasteiger partial charge in [0.1, 0.15) is 18.0 Å². The van der Waals surface area contributed by atoms with Crippen molar-refractivity contribution < 1.29 is 14.6 Å². The fourth-order valence-corrected chi connectivity index (χ4v) is 2.28. The molecule has 0 amide bonds. The van der Waals surface area contributed by atoms with Crippen molar-refractivity contribution in [3.8, 4) is 0 Å². The van der Waals surface area contributed by atoms with Gasteiger partial charge in [0.25, 0.3) is 0 Å². The summed E-state index contributed by atoms with van der Waals surface area (Å²) >= 11 is 12.0. The van der Waals surface area contributed by atoms with Crippen LogP contribution >= 0.6 is 23.2 Å². The number of carboxylic acid groups (broad SMARTS) is 1. The summed E-state index contributed by atoms with van der Waals surface area (Å²) in [5.74, 6) is -0.459. The molecule has 0 fully saturated rings. The van der Waals surface area contributed by atoms with Gasteiger partial charge in [-0.1, -0.05) is 23.2 Å². The van der Waals surface area contributed by atoms with Crippen molar-refractivity contribution in [1.29, 1.82) is 0 Å². The molecule has 0 aliphatic rings. The molecule has 0 atom stereocenters. The number of hydrogen-bond acceptors (Lipinski definition) is 3. The highest BCUT2D eigenvalue weighted by Gasteiger charge is 2.28. The van der Waals surface area contributed by atoms with Crippen molar-refractivity contribution in [2.24, 2.45) is 0 Å². The predicted molar refractivity (Wildman–Crippen MR) is 77.4 cm³/mol. The lowest BCUT2D eigenvalue weighted by Crippen LogP contribution is -2.26. The molecule has 0 aliphatic heterocycles. The van der Waals surface area contributed by atoms with Crippen LogP contribution in [0.4, 0.5) is 0 Å². The van der Waals surface area contributed by atoms with Crippen LogP contribution in [0.2, 0.25) is 10.0 Å². The number of aliphatic carboxylic acids is 1. The number of benzene rings is 1. The SMILES string of the molecule is COC(C)(C)c1nc2cc(Cl)c(Cl)cc2n1CC(=O)O. The number of hydrogen-bond donors (Lipinski definition) is 1. The minimum atomic E-state index is -0.969. The van der Waals surface area contributed by atoms with Gasteiger partial charge in [-0.05, 0) is 26.0 Å². The maximum Gasteiger partial charge on any atom is 0.323 e. The van der Waals surface area contributed by atoms with Crippen molar-refractivity contribution in [2.75, 3.05) is 7.11 Å². The van der Waals surface area contributed by atoms with E-state index in [4.69, 9.17) is 33.0 Å². The van der Waals surface area contributed by atoms with Crippen LogP contribution in [-0.4, -0.2) is 27.7 Å². The zero-order chi connectivity index (χ0) is 15.1. The largest absolute Gasteiger partial charge is 0.480 e. The third kappa shape index (κ3) is 2.61. The third-order valence-electron chi connectivity index (χ3n) is 3.13. The van der Waals surface area contributed by atoms with E-state index in [-0.39, 0.29) is 6.54 Å². The molecule has 0 saturated heterocycles. The average Bonchev–Trinajstić information content (AvgIpc) is 2.68. The van der Waals surface area contributed by atoms with Crippen LogP contribution in [0.1, 0.15) is 19.7 Å². The van der Waals surface area contributed by atoms with E-state index in [1.807, 2.05) is 13.8 Å². The minimum Gasteiger partial charge on any atom is -0.480 e. The first-order valence-corrected chi connectivity index (χ1v) is 6.64. The molecule has 1 heterocycles. The van der Waals surface area contributed by atoms with Gasteiger partial charge in [0.05, 0.1) is 21.1 Å². The summed E-state index contributed by atoms with van der Waals surface area (Å²) in [6.45, 7) is 3.40. The van der Waals surface area contributed by atoms with Gasteiger partial charge in [0.15, 0.2) is 0 Å². The van der Waals surface area contributed by atoms with Crippen LogP contribution in [0, 0.1) is 0 Å². The second-order valence-electron chi connectivity index (χ2n) is 4.88. The van der Waals surface area contributed by atoms with Gasteiger partial charge in [-0.3, -0.25) is 4.79 Å². The quantitative estimate of drug-likeness (QED) is 0.939. The monoisotopic (exact) mass is 316 g/mol. The Hall–Kier alpha value is -1.30. The second kappa shape index (κ2) is 5.24. The van der Waals surface area contributed by atoms with E-state index in [0.717, 1.165) is 0 Å². The molecule has 0 aliphatic carbocycles. The van der Waals surface area contributed by atoms with Gasteiger partial charge in [-0.15, -0.1) is 0 Å². The Bertz CT molecular complexity index is 680. The second-order valence-corrected chi connectivity index (χ2v) is 5.70. The molecule has 1 aromatic carbocycles. The maximum absolute atomic E-state index is 11.1. The van der Waals surface area contributed by atoms with Crippen LogP contribution < -0.4 is 0 Å². The van der Waals surface area contributed by atoms with Gasteiger partial charge in [-0.25, -0.2) is 4.98 Å². The third-order valence-corrected chi connectivity index (χ3v) is 3.85. The molecule has 108 valence electrons. The highest BCUT2D eigenvalue weighted by atomic mass is 35.5. The van der Waals surface area contributed by atoms with Crippen LogP contribution in [-0.2, 0) is 21.7 Å². The summed E-state index contributed by atoms with van der Waals surface area (Å²) in [6, 6.07) is 3.23. The van der Waals surface area contributed by atoms with Crippen LogP contribution in [0.3, 0.4) is 0 Å². The molecule has 20 heavy (non-hydrogen) atoms. The van der Waals surface area contributed by atoms with Gasteiger partial charge >= 0.3 is 5.97 Å². The molecule has 2 rings (SSSR count). The zero-order valence-electron chi connectivity index (χ0n) is 11.3. The molecule has 0 radical (unpaired) electrons. The van der Waals surface area contributed by atoms with E-state index < -0.39 is 11.6 Å². The summed E-state index contributed by atoms with van der Waals surface area (Å²) in [5.41, 5.74) is 0.468. The summed E-state index contributed by atoms with van der Waals surface area (Å²) in [5, 5.41) is 9.81. The van der Waals surface area contributed by atoms with E-state index in [9.17, 15) is 4.79 Å². The first kappa shape index (κ1) is 15.1. The Labute approximate surface area is 126 Å². The van der Waals surface area contributed by atoms with Crippen molar-refractivity contribution in [3.05, 3.63) is 28.0 Å². The van der Waals surface area contributed by atoms with Crippen molar-refractivity contribution >= 4 is 40.2 Å². The van der Waals surface area contributed by atoms with Crippen molar-refractivity contribution in [1.82, 2.24) is 9.55 Å². The molecule has 2 aromatic rings. The number of fused-ring (bicyclic) bond motifs is 1. The molecule has 7 heteroatoms. The maximum atomic E-state index is 11.1. The zero-order valence-corrected chi connectivity index (χ0v) is 12.8. The summed E-state index contributed by atoms with van der Waals surface area (Å²) in [7, 11) is 1.55. The number of aromatic nitrogens is 2. The number of imidazole rings is 1. The molecular weight excluding hydrogens is 303 g/mol. The summed E-state index contributed by atoms with van der Waals surface area (Å²) < 4.78 is 6.97. The van der Waals surface area contributed by atoms with E-state index in [1.165, 1.54) is 0 Å². The van der Waals surface area contributed by atoms with Crippen LogP contribution in [0.5, 0.6) is 0 Å².